The largest absolute Gasteiger partial charge is 0.396 e. The zero-order valence-corrected chi connectivity index (χ0v) is 13.0. The van der Waals surface area contributed by atoms with Gasteiger partial charge in [0.25, 0.3) is 5.91 Å². The molecule has 6 nitrogen and oxygen atoms in total. The van der Waals surface area contributed by atoms with Crippen molar-refractivity contribution in [1.82, 2.24) is 15.1 Å². The lowest BCUT2D eigenvalue weighted by atomic mass is 10.1. The van der Waals surface area contributed by atoms with Gasteiger partial charge in [0.05, 0.1) is 12.2 Å². The number of carbonyl (C=O) groups excluding carboxylic acids is 1. The summed E-state index contributed by atoms with van der Waals surface area (Å²) in [6, 6.07) is 3.65. The van der Waals surface area contributed by atoms with Gasteiger partial charge in [-0.2, -0.15) is 5.10 Å². The van der Waals surface area contributed by atoms with Crippen molar-refractivity contribution in [3.63, 3.8) is 0 Å². The summed E-state index contributed by atoms with van der Waals surface area (Å²) < 4.78 is 33.9. The fraction of sp³-hybridized carbons (Fsp3) is 0.375. The number of ether oxygens (including phenoxy) is 1. The van der Waals surface area contributed by atoms with Crippen molar-refractivity contribution in [3.8, 4) is 0 Å². The number of rotatable bonds is 4. The lowest BCUT2D eigenvalue weighted by molar-refractivity contribution is 0.0694. The molecule has 0 unspecified atom stereocenters. The molecule has 1 saturated heterocycles. The van der Waals surface area contributed by atoms with Gasteiger partial charge in [-0.1, -0.05) is 6.07 Å². The Hall–Kier alpha value is -2.48. The van der Waals surface area contributed by atoms with E-state index in [1.54, 1.807) is 0 Å². The number of aromatic nitrogens is 2. The zero-order valence-electron chi connectivity index (χ0n) is 13.0. The van der Waals surface area contributed by atoms with Crippen molar-refractivity contribution in [2.75, 3.05) is 18.9 Å². The van der Waals surface area contributed by atoms with Crippen molar-refractivity contribution < 1.29 is 18.3 Å². The molecule has 24 heavy (non-hydrogen) atoms. The highest BCUT2D eigenvalue weighted by Gasteiger charge is 2.21. The average Bonchev–Trinajstić information content (AvgIpc) is 2.93. The molecule has 0 radical (unpaired) electrons. The Balaban J connectivity index is 1.73. The third-order valence-electron chi connectivity index (χ3n) is 3.94. The highest BCUT2D eigenvalue weighted by molar-refractivity contribution is 5.97. The predicted octanol–water partition coefficient (Wildman–Crippen LogP) is 1.70. The zero-order chi connectivity index (χ0) is 17.1. The van der Waals surface area contributed by atoms with Crippen molar-refractivity contribution in [1.29, 1.82) is 0 Å². The Morgan fingerprint density at radius 2 is 2.00 bits per heavy atom. The van der Waals surface area contributed by atoms with Crippen LogP contribution in [0.15, 0.2) is 24.4 Å². The first kappa shape index (κ1) is 16.4. The van der Waals surface area contributed by atoms with Gasteiger partial charge in [0.2, 0.25) is 0 Å². The third kappa shape index (κ3) is 3.53. The molecule has 1 amide bonds. The molecule has 1 aromatic carbocycles. The van der Waals surface area contributed by atoms with Crippen LogP contribution in [0.5, 0.6) is 0 Å². The molecule has 0 aliphatic carbocycles. The normalized spacial score (nSPS) is 15.4. The van der Waals surface area contributed by atoms with Crippen LogP contribution in [0.4, 0.5) is 14.5 Å². The Morgan fingerprint density at radius 1 is 1.33 bits per heavy atom. The second-order valence-electron chi connectivity index (χ2n) is 5.69. The van der Waals surface area contributed by atoms with Crippen molar-refractivity contribution in [2.24, 2.45) is 0 Å². The first-order valence-electron chi connectivity index (χ1n) is 7.69. The van der Waals surface area contributed by atoms with E-state index in [1.165, 1.54) is 29.1 Å². The maximum absolute atomic E-state index is 13.7. The molecule has 0 saturated carbocycles. The minimum absolute atomic E-state index is 0.0137. The van der Waals surface area contributed by atoms with Crippen LogP contribution in [0.2, 0.25) is 0 Å². The summed E-state index contributed by atoms with van der Waals surface area (Å²) in [5, 5.41) is 6.92. The van der Waals surface area contributed by atoms with Crippen LogP contribution in [-0.2, 0) is 11.3 Å². The van der Waals surface area contributed by atoms with Crippen LogP contribution in [0.1, 0.15) is 28.9 Å². The number of halogens is 2. The van der Waals surface area contributed by atoms with E-state index in [2.05, 4.69) is 10.4 Å². The van der Waals surface area contributed by atoms with Gasteiger partial charge < -0.3 is 15.8 Å². The first-order chi connectivity index (χ1) is 11.5. The summed E-state index contributed by atoms with van der Waals surface area (Å²) in [4.78, 5) is 12.3. The summed E-state index contributed by atoms with van der Waals surface area (Å²) in [6.45, 7) is 1.05. The molecule has 0 atom stereocenters. The Labute approximate surface area is 137 Å². The van der Waals surface area contributed by atoms with E-state index in [0.29, 0.717) is 13.2 Å². The number of hydrogen-bond donors (Lipinski definition) is 2. The van der Waals surface area contributed by atoms with Crippen molar-refractivity contribution in [2.45, 2.75) is 25.4 Å². The fourth-order valence-electron chi connectivity index (χ4n) is 2.64. The SMILES string of the molecule is Nc1cn(Cc2c(F)cccc2F)nc1C(=O)NC1CCOCC1. The van der Waals surface area contributed by atoms with Crippen molar-refractivity contribution >= 4 is 11.6 Å². The lowest BCUT2D eigenvalue weighted by Gasteiger charge is -2.22. The van der Waals surface area contributed by atoms with E-state index in [1.807, 2.05) is 0 Å². The van der Waals surface area contributed by atoms with E-state index >= 15 is 0 Å². The molecule has 8 heteroatoms. The van der Waals surface area contributed by atoms with Gasteiger partial charge in [-0.15, -0.1) is 0 Å². The molecule has 3 N–H and O–H groups in total. The van der Waals surface area contributed by atoms with Crippen LogP contribution in [0.3, 0.4) is 0 Å². The molecular formula is C16H18F2N4O2. The molecule has 1 aliphatic heterocycles. The smallest absolute Gasteiger partial charge is 0.274 e. The molecule has 1 aliphatic rings. The molecule has 2 heterocycles. The highest BCUT2D eigenvalue weighted by Crippen LogP contribution is 2.16. The first-order valence-corrected chi connectivity index (χ1v) is 7.69. The van der Waals surface area contributed by atoms with Gasteiger partial charge in [-0.25, -0.2) is 8.78 Å². The van der Waals surface area contributed by atoms with E-state index in [4.69, 9.17) is 10.5 Å². The molecule has 2 aromatic rings. The molecule has 3 rings (SSSR count). The number of nitrogens with one attached hydrogen (secondary N) is 1. The molecule has 0 spiro atoms. The van der Waals surface area contributed by atoms with Gasteiger partial charge in [0, 0.05) is 31.0 Å². The molecule has 1 fully saturated rings. The number of nitrogen functional groups attached to an aromatic ring is 1. The topological polar surface area (TPSA) is 82.2 Å². The number of carbonyl (C=O) groups is 1. The summed E-state index contributed by atoms with van der Waals surface area (Å²) >= 11 is 0. The maximum atomic E-state index is 13.7. The summed E-state index contributed by atoms with van der Waals surface area (Å²) in [6.07, 6.45) is 2.85. The monoisotopic (exact) mass is 336 g/mol. The Kier molecular flexibility index (Phi) is 4.75. The van der Waals surface area contributed by atoms with E-state index < -0.39 is 17.5 Å². The van der Waals surface area contributed by atoms with Crippen LogP contribution in [0.25, 0.3) is 0 Å². The Morgan fingerprint density at radius 3 is 2.67 bits per heavy atom. The van der Waals surface area contributed by atoms with Gasteiger partial charge in [-0.3, -0.25) is 9.48 Å². The highest BCUT2D eigenvalue weighted by atomic mass is 19.1. The Bertz CT molecular complexity index is 721. The predicted molar refractivity (Wildman–Crippen MR) is 83.4 cm³/mol. The van der Waals surface area contributed by atoms with E-state index in [0.717, 1.165) is 12.8 Å². The molecular weight excluding hydrogens is 318 g/mol. The van der Waals surface area contributed by atoms with E-state index in [-0.39, 0.29) is 29.5 Å². The summed E-state index contributed by atoms with van der Waals surface area (Å²) in [5.41, 5.74) is 5.91. The van der Waals surface area contributed by atoms with Crippen LogP contribution in [0, 0.1) is 11.6 Å². The van der Waals surface area contributed by atoms with Gasteiger partial charge in [-0.05, 0) is 25.0 Å². The minimum Gasteiger partial charge on any atom is -0.396 e. The number of nitrogens with zero attached hydrogens (tertiary/aromatic N) is 2. The van der Waals surface area contributed by atoms with E-state index in [9.17, 15) is 13.6 Å². The quantitative estimate of drug-likeness (QED) is 0.890. The maximum Gasteiger partial charge on any atom is 0.274 e. The average molecular weight is 336 g/mol. The molecule has 0 bridgehead atoms. The second-order valence-corrected chi connectivity index (χ2v) is 5.69. The van der Waals surface area contributed by atoms with Crippen LogP contribution in [-0.4, -0.2) is 34.9 Å². The van der Waals surface area contributed by atoms with Crippen LogP contribution < -0.4 is 11.1 Å². The van der Waals surface area contributed by atoms with Gasteiger partial charge in [0.1, 0.15) is 11.6 Å². The van der Waals surface area contributed by atoms with Crippen LogP contribution >= 0.6 is 0 Å². The van der Waals surface area contributed by atoms with Gasteiger partial charge in [0.15, 0.2) is 5.69 Å². The van der Waals surface area contributed by atoms with Crippen molar-refractivity contribution in [3.05, 3.63) is 47.3 Å². The number of benzene rings is 1. The number of hydrogen-bond acceptors (Lipinski definition) is 4. The summed E-state index contributed by atoms with van der Waals surface area (Å²) in [5.74, 6) is -1.73. The van der Waals surface area contributed by atoms with Gasteiger partial charge >= 0.3 is 0 Å². The molecule has 128 valence electrons. The lowest BCUT2D eigenvalue weighted by Crippen LogP contribution is -2.39. The second kappa shape index (κ2) is 6.96. The number of nitrogens with two attached hydrogens (primary N) is 1. The standard InChI is InChI=1S/C16H18F2N4O2/c17-12-2-1-3-13(18)11(12)8-22-9-14(19)15(21-22)16(23)20-10-4-6-24-7-5-10/h1-3,9-10H,4-8,19H2,(H,20,23). The number of anilines is 1. The third-order valence-corrected chi connectivity index (χ3v) is 3.94. The fourth-order valence-corrected chi connectivity index (χ4v) is 2.64. The minimum atomic E-state index is -0.669. The number of amides is 1. The molecule has 1 aromatic heterocycles. The summed E-state index contributed by atoms with van der Waals surface area (Å²) in [7, 11) is 0.